The van der Waals surface area contributed by atoms with Gasteiger partial charge in [0.15, 0.2) is 0 Å². The summed E-state index contributed by atoms with van der Waals surface area (Å²) in [4.78, 5) is 27.6. The molecule has 0 atom stereocenters. The van der Waals surface area contributed by atoms with Crippen molar-refractivity contribution in [2.24, 2.45) is 0 Å². The van der Waals surface area contributed by atoms with Crippen molar-refractivity contribution in [1.82, 2.24) is 15.5 Å². The quantitative estimate of drug-likeness (QED) is 0.756. The first-order valence-electron chi connectivity index (χ1n) is 7.52. The van der Waals surface area contributed by atoms with Gasteiger partial charge in [-0.05, 0) is 36.8 Å². The predicted molar refractivity (Wildman–Crippen MR) is 90.2 cm³/mol. The predicted octanol–water partition coefficient (Wildman–Crippen LogP) is 2.64. The van der Waals surface area contributed by atoms with Crippen LogP contribution in [0.1, 0.15) is 21.7 Å². The molecule has 0 aliphatic heterocycles. The molecule has 2 amide bonds. The van der Waals surface area contributed by atoms with Crippen LogP contribution < -0.4 is 10.6 Å². The van der Waals surface area contributed by atoms with E-state index in [1.165, 1.54) is 7.11 Å². The van der Waals surface area contributed by atoms with Crippen molar-refractivity contribution in [2.45, 2.75) is 13.5 Å². The highest BCUT2D eigenvalue weighted by atomic mass is 16.5. The summed E-state index contributed by atoms with van der Waals surface area (Å²) in [5, 5.41) is 9.93. The van der Waals surface area contributed by atoms with Gasteiger partial charge in [0, 0.05) is 12.2 Å². The van der Waals surface area contributed by atoms with E-state index in [-0.39, 0.29) is 18.1 Å². The van der Waals surface area contributed by atoms with Crippen LogP contribution in [0.25, 0.3) is 11.1 Å². The molecule has 2 aromatic heterocycles. The Kier molecular flexibility index (Phi) is 4.60. The molecule has 1 aromatic carbocycles. The van der Waals surface area contributed by atoms with Crippen molar-refractivity contribution in [3.8, 4) is 0 Å². The number of aryl methyl sites for hydroxylation is 1. The van der Waals surface area contributed by atoms with E-state index < -0.39 is 6.09 Å². The number of fused-ring (bicyclic) bond motifs is 1. The number of anilines is 1. The van der Waals surface area contributed by atoms with Gasteiger partial charge >= 0.3 is 6.09 Å². The highest BCUT2D eigenvalue weighted by Gasteiger charge is 2.12. The van der Waals surface area contributed by atoms with E-state index in [1.807, 2.05) is 13.0 Å². The Labute approximate surface area is 143 Å². The number of hydrogen-bond acceptors (Lipinski definition) is 6. The Morgan fingerprint density at radius 3 is 2.88 bits per heavy atom. The first-order valence-corrected chi connectivity index (χ1v) is 7.52. The van der Waals surface area contributed by atoms with Gasteiger partial charge in [0.2, 0.25) is 0 Å². The van der Waals surface area contributed by atoms with Crippen molar-refractivity contribution in [2.75, 3.05) is 12.4 Å². The van der Waals surface area contributed by atoms with E-state index in [1.54, 1.807) is 30.3 Å². The fourth-order valence-electron chi connectivity index (χ4n) is 2.27. The summed E-state index contributed by atoms with van der Waals surface area (Å²) in [6.45, 7) is 2.09. The normalized spacial score (nSPS) is 10.5. The molecule has 3 rings (SSSR count). The van der Waals surface area contributed by atoms with Crippen molar-refractivity contribution in [3.05, 3.63) is 53.3 Å². The Morgan fingerprint density at radius 1 is 1.24 bits per heavy atom. The molecule has 0 bridgehead atoms. The summed E-state index contributed by atoms with van der Waals surface area (Å²) >= 11 is 0. The summed E-state index contributed by atoms with van der Waals surface area (Å²) in [5.74, 6) is -0.331. The van der Waals surface area contributed by atoms with Crippen LogP contribution in [0.3, 0.4) is 0 Å². The van der Waals surface area contributed by atoms with Gasteiger partial charge in [-0.15, -0.1) is 0 Å². The zero-order chi connectivity index (χ0) is 17.8. The molecule has 128 valence electrons. The van der Waals surface area contributed by atoms with Crippen LogP contribution in [0.5, 0.6) is 0 Å². The van der Waals surface area contributed by atoms with Crippen molar-refractivity contribution >= 4 is 28.8 Å². The average Bonchev–Trinajstić information content (AvgIpc) is 3.00. The van der Waals surface area contributed by atoms with Crippen molar-refractivity contribution < 1.29 is 18.8 Å². The van der Waals surface area contributed by atoms with Crippen LogP contribution in [0.2, 0.25) is 0 Å². The van der Waals surface area contributed by atoms with Crippen molar-refractivity contribution in [3.63, 3.8) is 0 Å². The van der Waals surface area contributed by atoms with Crippen LogP contribution in [0.15, 0.2) is 40.9 Å². The van der Waals surface area contributed by atoms with Crippen LogP contribution in [-0.2, 0) is 11.3 Å². The number of carbonyl (C=O) groups excluding carboxylic acids is 2. The second kappa shape index (κ2) is 7.00. The number of amides is 2. The number of carbonyl (C=O) groups is 2. The van der Waals surface area contributed by atoms with E-state index in [9.17, 15) is 9.59 Å². The summed E-state index contributed by atoms with van der Waals surface area (Å²) in [5.41, 5.74) is 2.69. The average molecular weight is 340 g/mol. The summed E-state index contributed by atoms with van der Waals surface area (Å²) in [7, 11) is 1.29. The number of rotatable bonds is 4. The van der Waals surface area contributed by atoms with E-state index in [0.29, 0.717) is 11.4 Å². The third kappa shape index (κ3) is 3.74. The summed E-state index contributed by atoms with van der Waals surface area (Å²) in [6, 6.07) is 10.5. The number of aromatic nitrogens is 2. The number of nitrogens with zero attached hydrogens (tertiary/aromatic N) is 2. The van der Waals surface area contributed by atoms with Crippen molar-refractivity contribution in [1.29, 1.82) is 0 Å². The molecule has 0 saturated heterocycles. The van der Waals surface area contributed by atoms with E-state index in [0.717, 1.165) is 16.6 Å². The van der Waals surface area contributed by atoms with Gasteiger partial charge < -0.3 is 14.6 Å². The highest BCUT2D eigenvalue weighted by Crippen LogP contribution is 2.16. The molecule has 25 heavy (non-hydrogen) atoms. The Morgan fingerprint density at radius 2 is 2.08 bits per heavy atom. The maximum absolute atomic E-state index is 12.3. The monoisotopic (exact) mass is 340 g/mol. The first kappa shape index (κ1) is 16.4. The molecule has 0 radical (unpaired) electrons. The number of hydrogen-bond donors (Lipinski definition) is 2. The molecule has 0 saturated carbocycles. The Bertz CT molecular complexity index is 935. The molecule has 2 heterocycles. The lowest BCUT2D eigenvalue weighted by atomic mass is 10.2. The standard InChI is InChI=1S/C17H16N4O4/c1-10-13-6-7-14(20-16(13)25-21-10)15(22)18-9-11-4-3-5-12(8-11)19-17(23)24-2/h3-8H,9H2,1-2H3,(H,18,22)(H,19,23). The molecule has 0 aliphatic carbocycles. The summed E-state index contributed by atoms with van der Waals surface area (Å²) < 4.78 is 9.62. The van der Waals surface area contributed by atoms with Crippen LogP contribution >= 0.6 is 0 Å². The van der Waals surface area contributed by atoms with Crippen LogP contribution in [-0.4, -0.2) is 29.3 Å². The van der Waals surface area contributed by atoms with Gasteiger partial charge in [-0.25, -0.2) is 9.78 Å². The zero-order valence-electron chi connectivity index (χ0n) is 13.7. The van der Waals surface area contributed by atoms with Gasteiger partial charge in [0.05, 0.1) is 18.2 Å². The molecule has 0 unspecified atom stereocenters. The van der Waals surface area contributed by atoms with Gasteiger partial charge in [0.1, 0.15) is 5.69 Å². The lowest BCUT2D eigenvalue weighted by Crippen LogP contribution is -2.23. The lowest BCUT2D eigenvalue weighted by molar-refractivity contribution is 0.0946. The second-order valence-electron chi connectivity index (χ2n) is 5.32. The maximum Gasteiger partial charge on any atom is 0.411 e. The number of methoxy groups -OCH3 is 1. The molecule has 0 fully saturated rings. The Balaban J connectivity index is 1.67. The fraction of sp³-hybridized carbons (Fsp3) is 0.176. The molecule has 0 spiro atoms. The van der Waals surface area contributed by atoms with Crippen LogP contribution in [0.4, 0.5) is 10.5 Å². The largest absolute Gasteiger partial charge is 0.453 e. The van der Waals surface area contributed by atoms with E-state index in [4.69, 9.17) is 4.52 Å². The first-order chi connectivity index (χ1) is 12.1. The zero-order valence-corrected chi connectivity index (χ0v) is 13.7. The minimum absolute atomic E-state index is 0.243. The SMILES string of the molecule is COC(=O)Nc1cccc(CNC(=O)c2ccc3c(C)noc3n2)c1. The lowest BCUT2D eigenvalue weighted by Gasteiger charge is -2.08. The van der Waals surface area contributed by atoms with Crippen LogP contribution in [0, 0.1) is 6.92 Å². The number of ether oxygens (including phenoxy) is 1. The third-order valence-electron chi connectivity index (χ3n) is 3.56. The number of pyridine rings is 1. The number of benzene rings is 1. The molecule has 0 aliphatic rings. The van der Waals surface area contributed by atoms with E-state index >= 15 is 0 Å². The molecule has 8 nitrogen and oxygen atoms in total. The molecule has 3 aromatic rings. The van der Waals surface area contributed by atoms with Gasteiger partial charge in [-0.2, -0.15) is 0 Å². The van der Waals surface area contributed by atoms with Gasteiger partial charge in [-0.1, -0.05) is 17.3 Å². The minimum Gasteiger partial charge on any atom is -0.453 e. The third-order valence-corrected chi connectivity index (χ3v) is 3.56. The molecule has 8 heteroatoms. The topological polar surface area (TPSA) is 106 Å². The molecular formula is C17H16N4O4. The van der Waals surface area contributed by atoms with Gasteiger partial charge in [0.25, 0.3) is 11.6 Å². The maximum atomic E-state index is 12.3. The second-order valence-corrected chi connectivity index (χ2v) is 5.32. The number of nitrogens with one attached hydrogen (secondary N) is 2. The Hall–Kier alpha value is -3.42. The molecular weight excluding hydrogens is 324 g/mol. The highest BCUT2D eigenvalue weighted by molar-refractivity contribution is 5.94. The smallest absolute Gasteiger partial charge is 0.411 e. The molecule has 2 N–H and O–H groups in total. The minimum atomic E-state index is -0.555. The van der Waals surface area contributed by atoms with Gasteiger partial charge in [-0.3, -0.25) is 10.1 Å². The summed E-state index contributed by atoms with van der Waals surface area (Å²) in [6.07, 6.45) is -0.555. The fourth-order valence-corrected chi connectivity index (χ4v) is 2.27. The van der Waals surface area contributed by atoms with E-state index in [2.05, 4.69) is 25.5 Å².